The zero-order valence-corrected chi connectivity index (χ0v) is 14.6. The molecule has 4 heteroatoms. The van der Waals surface area contributed by atoms with Crippen LogP contribution in [-0.2, 0) is 6.54 Å². The summed E-state index contributed by atoms with van der Waals surface area (Å²) in [5.41, 5.74) is 4.48. The molecule has 4 rings (SSSR count). The Bertz CT molecular complexity index is 974. The molecule has 0 unspecified atom stereocenters. The molecule has 0 aliphatic rings. The molecule has 0 aliphatic carbocycles. The highest BCUT2D eigenvalue weighted by Gasteiger charge is 2.14. The highest BCUT2D eigenvalue weighted by atomic mass is 15.3. The lowest BCUT2D eigenvalue weighted by Crippen LogP contribution is -2.07. The molecule has 0 spiro atoms. The number of hydrogen-bond donors (Lipinski definition) is 1. The standard InChI is InChI=1S/C22H20N4/c1-17-12-14-20(15-13-17)23-22-25-24-21(19-10-6-3-7-11-19)26(22)16-18-8-4-2-5-9-18/h2-15H,16H2,1H3,(H,23,25). The van der Waals surface area contributed by atoms with Crippen molar-refractivity contribution < 1.29 is 0 Å². The molecular weight excluding hydrogens is 320 g/mol. The quantitative estimate of drug-likeness (QED) is 0.553. The fraction of sp³-hybridized carbons (Fsp3) is 0.0909. The van der Waals surface area contributed by atoms with Crippen LogP contribution in [-0.4, -0.2) is 14.8 Å². The van der Waals surface area contributed by atoms with E-state index < -0.39 is 0 Å². The number of aromatic nitrogens is 3. The maximum Gasteiger partial charge on any atom is 0.229 e. The summed E-state index contributed by atoms with van der Waals surface area (Å²) in [6, 6.07) is 28.8. The van der Waals surface area contributed by atoms with Gasteiger partial charge in [0.05, 0.1) is 6.54 Å². The smallest absolute Gasteiger partial charge is 0.229 e. The molecule has 0 aliphatic heterocycles. The summed E-state index contributed by atoms with van der Waals surface area (Å²) in [6.45, 7) is 2.78. The van der Waals surface area contributed by atoms with E-state index in [0.717, 1.165) is 23.0 Å². The predicted molar refractivity (Wildman–Crippen MR) is 105 cm³/mol. The second-order valence-electron chi connectivity index (χ2n) is 6.28. The topological polar surface area (TPSA) is 42.7 Å². The van der Waals surface area contributed by atoms with Crippen LogP contribution in [0.5, 0.6) is 0 Å². The highest BCUT2D eigenvalue weighted by Crippen LogP contribution is 2.24. The molecule has 0 fully saturated rings. The molecule has 1 aromatic heterocycles. The van der Waals surface area contributed by atoms with Gasteiger partial charge in [-0.05, 0) is 24.6 Å². The Hall–Kier alpha value is -3.40. The van der Waals surface area contributed by atoms with E-state index in [9.17, 15) is 0 Å². The van der Waals surface area contributed by atoms with Gasteiger partial charge in [0.15, 0.2) is 5.82 Å². The average Bonchev–Trinajstić information content (AvgIpc) is 3.07. The number of aryl methyl sites for hydroxylation is 1. The van der Waals surface area contributed by atoms with E-state index in [0.29, 0.717) is 6.54 Å². The lowest BCUT2D eigenvalue weighted by Gasteiger charge is -2.12. The summed E-state index contributed by atoms with van der Waals surface area (Å²) < 4.78 is 2.12. The van der Waals surface area contributed by atoms with Gasteiger partial charge in [0.1, 0.15) is 0 Å². The van der Waals surface area contributed by atoms with E-state index in [1.54, 1.807) is 0 Å². The minimum Gasteiger partial charge on any atom is -0.324 e. The van der Waals surface area contributed by atoms with Crippen LogP contribution in [0, 0.1) is 6.92 Å². The van der Waals surface area contributed by atoms with Crippen molar-refractivity contribution in [1.82, 2.24) is 14.8 Å². The summed E-state index contributed by atoms with van der Waals surface area (Å²) in [5.74, 6) is 1.58. The van der Waals surface area contributed by atoms with E-state index in [1.165, 1.54) is 11.1 Å². The molecule has 0 amide bonds. The molecule has 0 bridgehead atoms. The van der Waals surface area contributed by atoms with Gasteiger partial charge in [0, 0.05) is 11.3 Å². The predicted octanol–water partition coefficient (Wildman–Crippen LogP) is 5.05. The Morgan fingerprint density at radius 2 is 1.42 bits per heavy atom. The molecule has 4 nitrogen and oxygen atoms in total. The van der Waals surface area contributed by atoms with Crippen LogP contribution in [0.3, 0.4) is 0 Å². The molecule has 0 saturated heterocycles. The van der Waals surface area contributed by atoms with Crippen LogP contribution >= 0.6 is 0 Å². The van der Waals surface area contributed by atoms with Crippen molar-refractivity contribution in [2.24, 2.45) is 0 Å². The SMILES string of the molecule is Cc1ccc(Nc2nnc(-c3ccccc3)n2Cc2ccccc2)cc1. The maximum absolute atomic E-state index is 4.45. The van der Waals surface area contributed by atoms with E-state index in [1.807, 2.05) is 24.3 Å². The summed E-state index contributed by atoms with van der Waals surface area (Å²) in [5, 5.41) is 12.3. The Morgan fingerprint density at radius 1 is 0.769 bits per heavy atom. The third-order valence-corrected chi connectivity index (χ3v) is 4.27. The molecule has 128 valence electrons. The molecule has 3 aromatic carbocycles. The fourth-order valence-corrected chi connectivity index (χ4v) is 2.88. The third kappa shape index (κ3) is 3.49. The summed E-state index contributed by atoms with van der Waals surface area (Å²) >= 11 is 0. The zero-order valence-electron chi connectivity index (χ0n) is 14.6. The van der Waals surface area contributed by atoms with Gasteiger partial charge in [0.25, 0.3) is 0 Å². The maximum atomic E-state index is 4.45. The van der Waals surface area contributed by atoms with Crippen LogP contribution < -0.4 is 5.32 Å². The molecule has 0 atom stereocenters. The van der Waals surface area contributed by atoms with Gasteiger partial charge in [-0.2, -0.15) is 0 Å². The monoisotopic (exact) mass is 340 g/mol. The van der Waals surface area contributed by atoms with Crippen molar-refractivity contribution >= 4 is 11.6 Å². The molecular formula is C22H20N4. The van der Waals surface area contributed by atoms with Crippen molar-refractivity contribution in [3.8, 4) is 11.4 Å². The number of hydrogen-bond acceptors (Lipinski definition) is 3. The van der Waals surface area contributed by atoms with Gasteiger partial charge in [-0.25, -0.2) is 0 Å². The van der Waals surface area contributed by atoms with E-state index in [-0.39, 0.29) is 0 Å². The molecule has 0 saturated carbocycles. The zero-order chi connectivity index (χ0) is 17.8. The Balaban J connectivity index is 1.73. The van der Waals surface area contributed by atoms with Gasteiger partial charge >= 0.3 is 0 Å². The lowest BCUT2D eigenvalue weighted by molar-refractivity contribution is 0.812. The normalized spacial score (nSPS) is 10.7. The second-order valence-corrected chi connectivity index (χ2v) is 6.28. The lowest BCUT2D eigenvalue weighted by atomic mass is 10.2. The van der Waals surface area contributed by atoms with E-state index in [2.05, 4.69) is 87.7 Å². The molecule has 26 heavy (non-hydrogen) atoms. The first kappa shape index (κ1) is 16.1. The van der Waals surface area contributed by atoms with Crippen molar-refractivity contribution in [2.45, 2.75) is 13.5 Å². The first-order valence-electron chi connectivity index (χ1n) is 8.66. The summed E-state index contributed by atoms with van der Waals surface area (Å²) in [4.78, 5) is 0. The Morgan fingerprint density at radius 3 is 2.12 bits per heavy atom. The van der Waals surface area contributed by atoms with Crippen molar-refractivity contribution in [3.63, 3.8) is 0 Å². The minimum absolute atomic E-state index is 0.701. The Kier molecular flexibility index (Phi) is 4.48. The van der Waals surface area contributed by atoms with Crippen LogP contribution in [0.15, 0.2) is 84.9 Å². The average molecular weight is 340 g/mol. The first-order valence-corrected chi connectivity index (χ1v) is 8.66. The van der Waals surface area contributed by atoms with Gasteiger partial charge in [-0.1, -0.05) is 78.4 Å². The summed E-state index contributed by atoms with van der Waals surface area (Å²) in [7, 11) is 0. The Labute approximate surface area is 153 Å². The molecule has 0 radical (unpaired) electrons. The largest absolute Gasteiger partial charge is 0.324 e. The second kappa shape index (κ2) is 7.23. The molecule has 4 aromatic rings. The third-order valence-electron chi connectivity index (χ3n) is 4.27. The van der Waals surface area contributed by atoms with Crippen LogP contribution in [0.2, 0.25) is 0 Å². The van der Waals surface area contributed by atoms with E-state index >= 15 is 0 Å². The number of nitrogens with one attached hydrogen (secondary N) is 1. The van der Waals surface area contributed by atoms with Gasteiger partial charge in [0.2, 0.25) is 5.95 Å². The van der Waals surface area contributed by atoms with Crippen molar-refractivity contribution in [1.29, 1.82) is 0 Å². The molecule has 1 N–H and O–H groups in total. The minimum atomic E-state index is 0.701. The summed E-state index contributed by atoms with van der Waals surface area (Å²) in [6.07, 6.45) is 0. The van der Waals surface area contributed by atoms with Crippen LogP contribution in [0.25, 0.3) is 11.4 Å². The highest BCUT2D eigenvalue weighted by molar-refractivity contribution is 5.61. The van der Waals surface area contributed by atoms with Gasteiger partial charge in [-0.15, -0.1) is 10.2 Å². The van der Waals surface area contributed by atoms with Crippen LogP contribution in [0.4, 0.5) is 11.6 Å². The van der Waals surface area contributed by atoms with E-state index in [4.69, 9.17) is 0 Å². The van der Waals surface area contributed by atoms with Gasteiger partial charge in [-0.3, -0.25) is 4.57 Å². The molecule has 1 heterocycles. The van der Waals surface area contributed by atoms with Crippen LogP contribution in [0.1, 0.15) is 11.1 Å². The first-order chi connectivity index (χ1) is 12.8. The number of benzene rings is 3. The fourth-order valence-electron chi connectivity index (χ4n) is 2.88. The van der Waals surface area contributed by atoms with Crippen molar-refractivity contribution in [3.05, 3.63) is 96.1 Å². The van der Waals surface area contributed by atoms with Gasteiger partial charge < -0.3 is 5.32 Å². The number of anilines is 2. The number of nitrogens with zero attached hydrogens (tertiary/aromatic N) is 3. The number of rotatable bonds is 5. The van der Waals surface area contributed by atoms with Crippen molar-refractivity contribution in [2.75, 3.05) is 5.32 Å².